The molecule has 0 N–H and O–H groups in total. The van der Waals surface area contributed by atoms with E-state index in [-0.39, 0.29) is 0 Å². The van der Waals surface area contributed by atoms with Gasteiger partial charge >= 0.3 is 0 Å². The van der Waals surface area contributed by atoms with Gasteiger partial charge in [0.15, 0.2) is 0 Å². The second-order valence-corrected chi connectivity index (χ2v) is 14.0. The Bertz CT molecular complexity index is 745. The van der Waals surface area contributed by atoms with E-state index in [1.165, 1.54) is 0 Å². The monoisotopic (exact) mass is 413 g/mol. The van der Waals surface area contributed by atoms with Crippen molar-refractivity contribution >= 4 is 24.0 Å². The van der Waals surface area contributed by atoms with Crippen LogP contribution in [-0.4, -0.2) is 13.1 Å². The van der Waals surface area contributed by atoms with Crippen LogP contribution in [0.1, 0.15) is 47.1 Å². The fraction of sp³-hybridized carbons (Fsp3) is 0.409. The van der Waals surface area contributed by atoms with Crippen molar-refractivity contribution in [2.75, 3.05) is 0 Å². The smallest absolute Gasteiger partial charge is 0.146 e. The van der Waals surface area contributed by atoms with Crippen molar-refractivity contribution < 1.29 is 0 Å². The predicted molar refractivity (Wildman–Crippen MR) is 115 cm³/mol. The summed E-state index contributed by atoms with van der Waals surface area (Å²) >= 11 is 3.43. The molecular weight excluding hydrogens is 386 g/mol. The summed E-state index contributed by atoms with van der Waals surface area (Å²) in [6.45, 7) is 14.1. The number of aromatic nitrogens is 1. The number of hydrogen-bond acceptors (Lipinski definition) is 1. The Balaban J connectivity index is 2.34. The van der Waals surface area contributed by atoms with Gasteiger partial charge in [0.05, 0.1) is 5.69 Å². The molecule has 2 rings (SSSR count). The normalized spacial score (nSPS) is 11.8. The SMILES string of the molecule is CC(C)[Si](C#Cc1ccc(-c2cccc(Br)n2)cc1)(C(C)C)C(C)C. The first kappa shape index (κ1) is 19.9. The number of nitrogens with zero attached hydrogens (tertiary/aromatic N) is 1. The van der Waals surface area contributed by atoms with Crippen LogP contribution in [0.15, 0.2) is 47.1 Å². The third-order valence-corrected chi connectivity index (χ3v) is 11.9. The summed E-state index contributed by atoms with van der Waals surface area (Å²) in [5, 5.41) is 0. The molecule has 1 heterocycles. The fourth-order valence-electron chi connectivity index (χ4n) is 3.91. The third-order valence-electron chi connectivity index (χ3n) is 5.19. The van der Waals surface area contributed by atoms with E-state index in [1.54, 1.807) is 0 Å². The van der Waals surface area contributed by atoms with Gasteiger partial charge in [0.1, 0.15) is 12.7 Å². The van der Waals surface area contributed by atoms with Crippen LogP contribution in [-0.2, 0) is 0 Å². The standard InChI is InChI=1S/C22H28BrNSi/c1-16(2)25(17(3)4,18(5)6)15-14-19-10-12-20(13-11-19)21-8-7-9-22(23)24-21/h7-13,16-18H,1-6H3. The van der Waals surface area contributed by atoms with E-state index in [9.17, 15) is 0 Å². The lowest BCUT2D eigenvalue weighted by molar-refractivity contribution is 0.838. The molecule has 1 nitrogen and oxygen atoms in total. The Kier molecular flexibility index (Phi) is 6.65. The van der Waals surface area contributed by atoms with Crippen LogP contribution >= 0.6 is 15.9 Å². The van der Waals surface area contributed by atoms with E-state index < -0.39 is 8.07 Å². The van der Waals surface area contributed by atoms with Crippen LogP contribution in [0.5, 0.6) is 0 Å². The van der Waals surface area contributed by atoms with Crippen LogP contribution in [0.2, 0.25) is 16.6 Å². The minimum Gasteiger partial charge on any atom is -0.241 e. The molecule has 0 aliphatic heterocycles. The molecule has 0 spiro atoms. The molecule has 0 saturated carbocycles. The zero-order chi connectivity index (χ0) is 18.6. The summed E-state index contributed by atoms with van der Waals surface area (Å²) in [5.41, 5.74) is 8.94. The van der Waals surface area contributed by atoms with Crippen LogP contribution < -0.4 is 0 Å². The molecular formula is C22H28BrNSi. The lowest BCUT2D eigenvalue weighted by Gasteiger charge is -2.38. The second-order valence-electron chi connectivity index (χ2n) is 7.57. The van der Waals surface area contributed by atoms with E-state index in [1.807, 2.05) is 18.2 Å². The highest BCUT2D eigenvalue weighted by Crippen LogP contribution is 2.40. The van der Waals surface area contributed by atoms with Crippen molar-refractivity contribution in [1.82, 2.24) is 4.98 Å². The van der Waals surface area contributed by atoms with Crippen molar-refractivity contribution in [2.24, 2.45) is 0 Å². The van der Waals surface area contributed by atoms with Gasteiger partial charge in [-0.2, -0.15) is 0 Å². The Morgan fingerprint density at radius 2 is 1.40 bits per heavy atom. The second kappa shape index (κ2) is 8.34. The van der Waals surface area contributed by atoms with Gasteiger partial charge < -0.3 is 0 Å². The van der Waals surface area contributed by atoms with Crippen molar-refractivity contribution in [2.45, 2.75) is 58.2 Å². The molecule has 0 amide bonds. The van der Waals surface area contributed by atoms with E-state index in [0.717, 1.165) is 21.4 Å². The molecule has 25 heavy (non-hydrogen) atoms. The summed E-state index contributed by atoms with van der Waals surface area (Å²) in [5.74, 6) is 3.50. The first-order valence-corrected chi connectivity index (χ1v) is 12.1. The Hall–Kier alpha value is -1.37. The van der Waals surface area contributed by atoms with Crippen molar-refractivity contribution in [3.8, 4) is 22.7 Å². The van der Waals surface area contributed by atoms with E-state index in [4.69, 9.17) is 0 Å². The molecule has 0 fully saturated rings. The molecule has 0 bridgehead atoms. The highest BCUT2D eigenvalue weighted by Gasteiger charge is 2.41. The van der Waals surface area contributed by atoms with E-state index >= 15 is 0 Å². The zero-order valence-electron chi connectivity index (χ0n) is 16.1. The number of hydrogen-bond donors (Lipinski definition) is 0. The molecule has 0 atom stereocenters. The van der Waals surface area contributed by atoms with Crippen molar-refractivity contribution in [3.63, 3.8) is 0 Å². The van der Waals surface area contributed by atoms with Crippen LogP contribution in [0.4, 0.5) is 0 Å². The highest BCUT2D eigenvalue weighted by atomic mass is 79.9. The number of benzene rings is 1. The maximum atomic E-state index is 4.52. The summed E-state index contributed by atoms with van der Waals surface area (Å²) in [4.78, 5) is 4.52. The Morgan fingerprint density at radius 1 is 0.840 bits per heavy atom. The molecule has 0 radical (unpaired) electrons. The quantitative estimate of drug-likeness (QED) is 0.296. The van der Waals surface area contributed by atoms with Gasteiger partial charge in [-0.15, -0.1) is 5.54 Å². The Morgan fingerprint density at radius 3 is 1.88 bits per heavy atom. The highest BCUT2D eigenvalue weighted by molar-refractivity contribution is 9.10. The average Bonchev–Trinajstić information content (AvgIpc) is 2.55. The molecule has 1 aromatic carbocycles. The minimum absolute atomic E-state index is 0.658. The molecule has 0 aliphatic rings. The van der Waals surface area contributed by atoms with Gasteiger partial charge in [-0.25, -0.2) is 4.98 Å². The van der Waals surface area contributed by atoms with Crippen molar-refractivity contribution in [1.29, 1.82) is 0 Å². The molecule has 2 aromatic rings. The zero-order valence-corrected chi connectivity index (χ0v) is 18.7. The fourth-order valence-corrected chi connectivity index (χ4v) is 9.48. The predicted octanol–water partition coefficient (Wildman–Crippen LogP) is 7.08. The van der Waals surface area contributed by atoms with Gasteiger partial charge in [0.2, 0.25) is 0 Å². The van der Waals surface area contributed by atoms with Gasteiger partial charge in [-0.1, -0.05) is 65.7 Å². The summed E-state index contributed by atoms with van der Waals surface area (Å²) in [6.07, 6.45) is 0. The number of pyridine rings is 1. The topological polar surface area (TPSA) is 12.9 Å². The summed E-state index contributed by atoms with van der Waals surface area (Å²) in [7, 11) is -1.68. The summed E-state index contributed by atoms with van der Waals surface area (Å²) in [6, 6.07) is 14.4. The molecule has 1 aromatic heterocycles. The van der Waals surface area contributed by atoms with Gasteiger partial charge in [0, 0.05) is 11.1 Å². The molecule has 0 saturated heterocycles. The van der Waals surface area contributed by atoms with E-state index in [0.29, 0.717) is 16.6 Å². The minimum atomic E-state index is -1.68. The first-order chi connectivity index (χ1) is 11.8. The largest absolute Gasteiger partial charge is 0.241 e. The first-order valence-electron chi connectivity index (χ1n) is 9.03. The third kappa shape index (κ3) is 4.43. The lowest BCUT2D eigenvalue weighted by Crippen LogP contribution is -2.43. The van der Waals surface area contributed by atoms with Crippen LogP contribution in [0, 0.1) is 11.5 Å². The van der Waals surface area contributed by atoms with Crippen LogP contribution in [0.25, 0.3) is 11.3 Å². The number of halogens is 1. The Labute approximate surface area is 162 Å². The number of rotatable bonds is 4. The van der Waals surface area contributed by atoms with Crippen molar-refractivity contribution in [3.05, 3.63) is 52.6 Å². The molecule has 3 heteroatoms. The average molecular weight is 414 g/mol. The molecule has 0 unspecified atom stereocenters. The maximum absolute atomic E-state index is 4.52. The van der Waals surface area contributed by atoms with Gasteiger partial charge in [-0.3, -0.25) is 0 Å². The molecule has 0 aliphatic carbocycles. The molecule has 132 valence electrons. The lowest BCUT2D eigenvalue weighted by atomic mass is 10.1. The maximum Gasteiger partial charge on any atom is 0.146 e. The van der Waals surface area contributed by atoms with Crippen LogP contribution in [0.3, 0.4) is 0 Å². The van der Waals surface area contributed by atoms with E-state index in [2.05, 4.69) is 98.2 Å². The van der Waals surface area contributed by atoms with Gasteiger partial charge in [-0.05, 0) is 56.8 Å². The summed E-state index contributed by atoms with van der Waals surface area (Å²) < 4.78 is 0.857. The van der Waals surface area contributed by atoms with Gasteiger partial charge in [0.25, 0.3) is 0 Å².